The summed E-state index contributed by atoms with van der Waals surface area (Å²) in [6.45, 7) is 4.47. The summed E-state index contributed by atoms with van der Waals surface area (Å²) >= 11 is 0. The standard InChI is InChI=1S/C23H24F2N2O/c1-14-2-7-18(20(25)12-14)23(28)27-13-19(15-3-5-17(24)6-4-15)22-21(27)16-8-10-26(22)11-9-16/h2-7,12,16,19,21-22H,8-11,13H2,1H3/t19-,21+,22+/m0/s1. The molecule has 1 amide bonds. The minimum absolute atomic E-state index is 0.103. The number of amides is 1. The summed E-state index contributed by atoms with van der Waals surface area (Å²) in [6, 6.07) is 11.8. The molecule has 4 aliphatic rings. The number of fused-ring (bicyclic) bond motifs is 2. The van der Waals surface area contributed by atoms with Crippen molar-refractivity contribution in [3.63, 3.8) is 0 Å². The summed E-state index contributed by atoms with van der Waals surface area (Å²) in [5.41, 5.74) is 2.02. The second kappa shape index (κ2) is 6.66. The van der Waals surface area contributed by atoms with E-state index in [1.165, 1.54) is 18.2 Å². The molecule has 0 aliphatic carbocycles. The highest BCUT2D eigenvalue weighted by Crippen LogP contribution is 2.47. The number of carbonyl (C=O) groups is 1. The first-order chi connectivity index (χ1) is 13.5. The lowest BCUT2D eigenvalue weighted by Gasteiger charge is -2.51. The Morgan fingerprint density at radius 1 is 1.00 bits per heavy atom. The molecule has 4 aliphatic heterocycles. The number of rotatable bonds is 2. The molecule has 4 fully saturated rings. The van der Waals surface area contributed by atoms with Crippen LogP contribution in [0, 0.1) is 24.5 Å². The van der Waals surface area contributed by atoms with Crippen LogP contribution in [0.4, 0.5) is 8.78 Å². The lowest BCUT2D eigenvalue weighted by atomic mass is 9.75. The van der Waals surface area contributed by atoms with Gasteiger partial charge in [0.25, 0.3) is 5.91 Å². The van der Waals surface area contributed by atoms with Gasteiger partial charge in [-0.15, -0.1) is 0 Å². The van der Waals surface area contributed by atoms with Gasteiger partial charge in [0, 0.05) is 18.5 Å². The molecule has 5 heteroatoms. The fourth-order valence-corrected chi connectivity index (χ4v) is 5.61. The third-order valence-corrected chi connectivity index (χ3v) is 6.91. The smallest absolute Gasteiger partial charge is 0.257 e. The van der Waals surface area contributed by atoms with Crippen LogP contribution in [-0.4, -0.2) is 47.4 Å². The van der Waals surface area contributed by atoms with Crippen LogP contribution in [0.15, 0.2) is 42.5 Å². The zero-order valence-corrected chi connectivity index (χ0v) is 15.9. The largest absolute Gasteiger partial charge is 0.333 e. The number of carbonyl (C=O) groups excluding carboxylic acids is 1. The van der Waals surface area contributed by atoms with E-state index in [9.17, 15) is 13.6 Å². The summed E-state index contributed by atoms with van der Waals surface area (Å²) in [7, 11) is 0. The number of hydrogen-bond acceptors (Lipinski definition) is 2. The molecule has 0 radical (unpaired) electrons. The molecule has 0 unspecified atom stereocenters. The van der Waals surface area contributed by atoms with E-state index in [1.54, 1.807) is 12.1 Å². The van der Waals surface area contributed by atoms with Gasteiger partial charge in [0.2, 0.25) is 0 Å². The number of hydrogen-bond donors (Lipinski definition) is 0. The Labute approximate surface area is 163 Å². The van der Waals surface area contributed by atoms with Crippen molar-refractivity contribution in [3.05, 3.63) is 70.8 Å². The fourth-order valence-electron chi connectivity index (χ4n) is 5.61. The molecule has 146 valence electrons. The van der Waals surface area contributed by atoms with Crippen molar-refractivity contribution in [1.82, 2.24) is 9.80 Å². The number of piperidine rings is 3. The molecular formula is C23H24F2N2O. The van der Waals surface area contributed by atoms with Gasteiger partial charge in [0.05, 0.1) is 11.6 Å². The van der Waals surface area contributed by atoms with E-state index in [1.807, 2.05) is 24.0 Å². The van der Waals surface area contributed by atoms with Gasteiger partial charge in [-0.2, -0.15) is 0 Å². The Hall–Kier alpha value is -2.27. The molecule has 28 heavy (non-hydrogen) atoms. The van der Waals surface area contributed by atoms with E-state index in [-0.39, 0.29) is 35.3 Å². The molecular weight excluding hydrogens is 358 g/mol. The molecule has 6 rings (SSSR count). The van der Waals surface area contributed by atoms with Crippen molar-refractivity contribution in [2.45, 2.75) is 37.8 Å². The Bertz CT molecular complexity index is 905. The van der Waals surface area contributed by atoms with Gasteiger partial charge in [-0.25, -0.2) is 8.78 Å². The highest BCUT2D eigenvalue weighted by atomic mass is 19.1. The summed E-state index contributed by atoms with van der Waals surface area (Å²) < 4.78 is 28.0. The third kappa shape index (κ3) is 2.75. The van der Waals surface area contributed by atoms with Crippen molar-refractivity contribution in [3.8, 4) is 0 Å². The van der Waals surface area contributed by atoms with Gasteiger partial charge in [0.15, 0.2) is 0 Å². The average molecular weight is 382 g/mol. The van der Waals surface area contributed by atoms with E-state index >= 15 is 0 Å². The van der Waals surface area contributed by atoms with E-state index in [4.69, 9.17) is 0 Å². The molecule has 0 spiro atoms. The number of aryl methyl sites for hydroxylation is 1. The quantitative estimate of drug-likeness (QED) is 0.785. The van der Waals surface area contributed by atoms with Crippen LogP contribution in [-0.2, 0) is 0 Å². The van der Waals surface area contributed by atoms with Crippen LogP contribution in [0.5, 0.6) is 0 Å². The Kier molecular flexibility index (Phi) is 4.23. The second-order valence-electron chi connectivity index (χ2n) is 8.45. The average Bonchev–Trinajstić information content (AvgIpc) is 3.12. The lowest BCUT2D eigenvalue weighted by Crippen LogP contribution is -2.60. The van der Waals surface area contributed by atoms with Crippen molar-refractivity contribution < 1.29 is 13.6 Å². The maximum atomic E-state index is 14.5. The SMILES string of the molecule is Cc1ccc(C(=O)N2C[C@@H](c3ccc(F)cc3)[C@@H]3[C@H]2C2CCN3CC2)c(F)c1. The molecule has 0 aromatic heterocycles. The molecule has 0 N–H and O–H groups in total. The predicted octanol–water partition coefficient (Wildman–Crippen LogP) is 3.98. The molecule has 2 bridgehead atoms. The van der Waals surface area contributed by atoms with Crippen LogP contribution in [0.2, 0.25) is 0 Å². The molecule has 3 atom stereocenters. The first-order valence-electron chi connectivity index (χ1n) is 10.1. The molecule has 4 saturated heterocycles. The minimum Gasteiger partial charge on any atom is -0.333 e. The highest BCUT2D eigenvalue weighted by molar-refractivity contribution is 5.95. The molecule has 3 nitrogen and oxygen atoms in total. The number of nitrogens with zero attached hydrogens (tertiary/aromatic N) is 2. The Morgan fingerprint density at radius 2 is 1.71 bits per heavy atom. The summed E-state index contributed by atoms with van der Waals surface area (Å²) in [5, 5.41) is 0. The molecule has 4 heterocycles. The maximum Gasteiger partial charge on any atom is 0.257 e. The van der Waals surface area contributed by atoms with Gasteiger partial charge in [-0.05, 0) is 74.2 Å². The lowest BCUT2D eigenvalue weighted by molar-refractivity contribution is -0.00354. The topological polar surface area (TPSA) is 23.6 Å². The zero-order chi connectivity index (χ0) is 19.4. The monoisotopic (exact) mass is 382 g/mol. The summed E-state index contributed by atoms with van der Waals surface area (Å²) in [5.74, 6) is -0.332. The summed E-state index contributed by atoms with van der Waals surface area (Å²) in [6.07, 6.45) is 2.16. The van der Waals surface area contributed by atoms with Crippen LogP contribution < -0.4 is 0 Å². The van der Waals surface area contributed by atoms with Crippen molar-refractivity contribution in [1.29, 1.82) is 0 Å². The maximum absolute atomic E-state index is 14.5. The van der Waals surface area contributed by atoms with Crippen LogP contribution >= 0.6 is 0 Å². The molecule has 2 aromatic carbocycles. The van der Waals surface area contributed by atoms with Gasteiger partial charge in [0.1, 0.15) is 11.6 Å². The first-order valence-corrected chi connectivity index (χ1v) is 10.1. The number of halogens is 2. The van der Waals surface area contributed by atoms with E-state index in [2.05, 4.69) is 4.90 Å². The van der Waals surface area contributed by atoms with Crippen LogP contribution in [0.1, 0.15) is 40.2 Å². The Morgan fingerprint density at radius 3 is 2.39 bits per heavy atom. The second-order valence-corrected chi connectivity index (χ2v) is 8.45. The highest BCUT2D eigenvalue weighted by Gasteiger charge is 2.54. The van der Waals surface area contributed by atoms with E-state index < -0.39 is 5.82 Å². The third-order valence-electron chi connectivity index (χ3n) is 6.91. The van der Waals surface area contributed by atoms with Crippen molar-refractivity contribution >= 4 is 5.91 Å². The van der Waals surface area contributed by atoms with E-state index in [0.29, 0.717) is 12.5 Å². The first kappa shape index (κ1) is 17.8. The van der Waals surface area contributed by atoms with Crippen LogP contribution in [0.3, 0.4) is 0 Å². The Balaban J connectivity index is 1.53. The minimum atomic E-state index is -0.451. The van der Waals surface area contributed by atoms with Gasteiger partial charge >= 0.3 is 0 Å². The van der Waals surface area contributed by atoms with Gasteiger partial charge in [-0.1, -0.05) is 18.2 Å². The number of likely N-dealkylation sites (tertiary alicyclic amines) is 1. The zero-order valence-electron chi connectivity index (χ0n) is 15.9. The van der Waals surface area contributed by atoms with Gasteiger partial charge < -0.3 is 4.90 Å². The fraction of sp³-hybridized carbons (Fsp3) is 0.435. The molecule has 0 saturated carbocycles. The van der Waals surface area contributed by atoms with Crippen molar-refractivity contribution in [2.24, 2.45) is 5.92 Å². The summed E-state index contributed by atoms with van der Waals surface area (Å²) in [4.78, 5) is 17.7. The molecule has 2 aromatic rings. The van der Waals surface area contributed by atoms with Crippen LogP contribution in [0.25, 0.3) is 0 Å². The predicted molar refractivity (Wildman–Crippen MR) is 103 cm³/mol. The number of benzene rings is 2. The van der Waals surface area contributed by atoms with E-state index in [0.717, 1.165) is 37.1 Å². The van der Waals surface area contributed by atoms with Crippen molar-refractivity contribution in [2.75, 3.05) is 19.6 Å². The van der Waals surface area contributed by atoms with Gasteiger partial charge in [-0.3, -0.25) is 9.69 Å². The normalized spacial score (nSPS) is 31.1.